The van der Waals surface area contributed by atoms with E-state index < -0.39 is 0 Å². The van der Waals surface area contributed by atoms with Gasteiger partial charge in [0.05, 0.1) is 23.3 Å². The maximum Gasteiger partial charge on any atom is 0.253 e. The Balaban J connectivity index is 1.77. The van der Waals surface area contributed by atoms with Gasteiger partial charge in [0.1, 0.15) is 0 Å². The first kappa shape index (κ1) is 18.1. The van der Waals surface area contributed by atoms with Crippen molar-refractivity contribution in [3.05, 3.63) is 63.6 Å². The van der Waals surface area contributed by atoms with Crippen LogP contribution in [0.25, 0.3) is 0 Å². The van der Waals surface area contributed by atoms with Gasteiger partial charge in [-0.15, -0.1) is 0 Å². The number of benzene rings is 2. The van der Waals surface area contributed by atoms with Gasteiger partial charge in [0, 0.05) is 37.9 Å². The molecule has 0 saturated carbocycles. The highest BCUT2D eigenvalue weighted by molar-refractivity contribution is 6.42. The molecule has 0 radical (unpaired) electrons. The molecule has 0 spiro atoms. The summed E-state index contributed by atoms with van der Waals surface area (Å²) in [5, 5.41) is 0.827. The third kappa shape index (κ3) is 4.27. The second-order valence-electron chi connectivity index (χ2n) is 6.02. The molecule has 132 valence electrons. The van der Waals surface area contributed by atoms with Gasteiger partial charge >= 0.3 is 0 Å². The van der Waals surface area contributed by atoms with Crippen molar-refractivity contribution in [2.24, 2.45) is 0 Å². The standard InChI is InChI=1S/C19H20Cl2N2O2/c1-22(19(24)14-6-7-16(20)17(21)12-14)13-15-4-2-3-5-18(15)23-8-10-25-11-9-23/h2-7,12H,8-11,13H2,1H3. The van der Waals surface area contributed by atoms with Crippen molar-refractivity contribution in [2.45, 2.75) is 6.54 Å². The minimum Gasteiger partial charge on any atom is -0.378 e. The molecule has 0 atom stereocenters. The summed E-state index contributed by atoms with van der Waals surface area (Å²) in [5.41, 5.74) is 2.79. The zero-order chi connectivity index (χ0) is 17.8. The van der Waals surface area contributed by atoms with E-state index in [-0.39, 0.29) is 5.91 Å². The fourth-order valence-electron chi connectivity index (χ4n) is 2.93. The minimum absolute atomic E-state index is 0.0876. The summed E-state index contributed by atoms with van der Waals surface area (Å²) in [5.74, 6) is -0.0876. The lowest BCUT2D eigenvalue weighted by molar-refractivity contribution is 0.0785. The molecule has 2 aromatic rings. The highest BCUT2D eigenvalue weighted by Crippen LogP contribution is 2.25. The molecule has 6 heteroatoms. The van der Waals surface area contributed by atoms with E-state index in [2.05, 4.69) is 17.0 Å². The van der Waals surface area contributed by atoms with Crippen LogP contribution >= 0.6 is 23.2 Å². The van der Waals surface area contributed by atoms with E-state index in [0.717, 1.165) is 37.6 Å². The Kier molecular flexibility index (Phi) is 5.84. The Hall–Kier alpha value is -1.75. The van der Waals surface area contributed by atoms with E-state index >= 15 is 0 Å². The lowest BCUT2D eigenvalue weighted by atomic mass is 10.1. The summed E-state index contributed by atoms with van der Waals surface area (Å²) in [6.07, 6.45) is 0. The third-order valence-corrected chi connectivity index (χ3v) is 5.00. The highest BCUT2D eigenvalue weighted by Gasteiger charge is 2.18. The Bertz CT molecular complexity index is 761. The van der Waals surface area contributed by atoms with Crippen molar-refractivity contribution in [3.8, 4) is 0 Å². The van der Waals surface area contributed by atoms with Crippen LogP contribution in [-0.2, 0) is 11.3 Å². The summed E-state index contributed by atoms with van der Waals surface area (Å²) in [6, 6.07) is 13.1. The van der Waals surface area contributed by atoms with Crippen molar-refractivity contribution in [3.63, 3.8) is 0 Å². The lowest BCUT2D eigenvalue weighted by Crippen LogP contribution is -2.37. The van der Waals surface area contributed by atoms with Gasteiger partial charge in [-0.3, -0.25) is 4.79 Å². The molecule has 1 heterocycles. The van der Waals surface area contributed by atoms with E-state index in [1.807, 2.05) is 12.1 Å². The van der Waals surface area contributed by atoms with Crippen LogP contribution < -0.4 is 4.90 Å². The fourth-order valence-corrected chi connectivity index (χ4v) is 3.23. The van der Waals surface area contributed by atoms with E-state index in [1.54, 1.807) is 30.1 Å². The minimum atomic E-state index is -0.0876. The monoisotopic (exact) mass is 378 g/mol. The summed E-state index contributed by atoms with van der Waals surface area (Å²) in [7, 11) is 1.79. The first-order valence-corrected chi connectivity index (χ1v) is 8.93. The van der Waals surface area contributed by atoms with Gasteiger partial charge in [-0.25, -0.2) is 0 Å². The normalized spacial score (nSPS) is 14.4. The molecular formula is C19H20Cl2N2O2. The summed E-state index contributed by atoms with van der Waals surface area (Å²) < 4.78 is 5.43. The molecular weight excluding hydrogens is 359 g/mol. The fraction of sp³-hybridized carbons (Fsp3) is 0.316. The van der Waals surface area contributed by atoms with Crippen molar-refractivity contribution in [1.29, 1.82) is 0 Å². The van der Waals surface area contributed by atoms with Crippen molar-refractivity contribution >= 4 is 34.8 Å². The number of hydrogen-bond acceptors (Lipinski definition) is 3. The Labute approximate surface area is 157 Å². The lowest BCUT2D eigenvalue weighted by Gasteiger charge is -2.31. The van der Waals surface area contributed by atoms with Crippen LogP contribution in [0.2, 0.25) is 10.0 Å². The first-order valence-electron chi connectivity index (χ1n) is 8.17. The molecule has 0 aromatic heterocycles. The smallest absolute Gasteiger partial charge is 0.253 e. The zero-order valence-electron chi connectivity index (χ0n) is 14.0. The molecule has 3 rings (SSSR count). The maximum atomic E-state index is 12.7. The van der Waals surface area contributed by atoms with E-state index in [1.165, 1.54) is 0 Å². The quantitative estimate of drug-likeness (QED) is 0.802. The van der Waals surface area contributed by atoms with Crippen LogP contribution in [0.15, 0.2) is 42.5 Å². The number of carbonyl (C=O) groups is 1. The molecule has 0 bridgehead atoms. The molecule has 1 fully saturated rings. The topological polar surface area (TPSA) is 32.8 Å². The van der Waals surface area contributed by atoms with Crippen molar-refractivity contribution in [1.82, 2.24) is 4.90 Å². The number of rotatable bonds is 4. The molecule has 2 aromatic carbocycles. The van der Waals surface area contributed by atoms with E-state index in [4.69, 9.17) is 27.9 Å². The molecule has 0 N–H and O–H groups in total. The predicted octanol–water partition coefficient (Wildman–Crippen LogP) is 4.10. The zero-order valence-corrected chi connectivity index (χ0v) is 15.6. The van der Waals surface area contributed by atoms with Gasteiger partial charge in [-0.05, 0) is 29.8 Å². The van der Waals surface area contributed by atoms with Crippen LogP contribution in [0, 0.1) is 0 Å². The maximum absolute atomic E-state index is 12.7. The molecule has 4 nitrogen and oxygen atoms in total. The van der Waals surface area contributed by atoms with Crippen LogP contribution in [0.1, 0.15) is 15.9 Å². The van der Waals surface area contributed by atoms with Crippen LogP contribution in [-0.4, -0.2) is 44.2 Å². The number of morpholine rings is 1. The highest BCUT2D eigenvalue weighted by atomic mass is 35.5. The molecule has 25 heavy (non-hydrogen) atoms. The van der Waals surface area contributed by atoms with Gasteiger partial charge in [0.2, 0.25) is 0 Å². The number of para-hydroxylation sites is 1. The number of carbonyl (C=O) groups excluding carboxylic acids is 1. The largest absolute Gasteiger partial charge is 0.378 e. The van der Waals surface area contributed by atoms with Gasteiger partial charge in [-0.1, -0.05) is 41.4 Å². The number of anilines is 1. The molecule has 0 unspecified atom stereocenters. The second kappa shape index (κ2) is 8.09. The predicted molar refractivity (Wildman–Crippen MR) is 102 cm³/mol. The van der Waals surface area contributed by atoms with Crippen LogP contribution in [0.5, 0.6) is 0 Å². The Morgan fingerprint density at radius 1 is 1.12 bits per heavy atom. The second-order valence-corrected chi connectivity index (χ2v) is 6.83. The van der Waals surface area contributed by atoms with Crippen LogP contribution in [0.3, 0.4) is 0 Å². The average Bonchev–Trinajstić information content (AvgIpc) is 2.64. The average molecular weight is 379 g/mol. The number of hydrogen-bond donors (Lipinski definition) is 0. The van der Waals surface area contributed by atoms with Gasteiger partial charge < -0.3 is 14.5 Å². The third-order valence-electron chi connectivity index (χ3n) is 4.26. The van der Waals surface area contributed by atoms with Gasteiger partial charge in [0.25, 0.3) is 5.91 Å². The van der Waals surface area contributed by atoms with Gasteiger partial charge in [-0.2, -0.15) is 0 Å². The summed E-state index contributed by atoms with van der Waals surface area (Å²) >= 11 is 12.0. The summed E-state index contributed by atoms with van der Waals surface area (Å²) in [6.45, 7) is 3.70. The van der Waals surface area contributed by atoms with E-state index in [9.17, 15) is 4.79 Å². The SMILES string of the molecule is CN(Cc1ccccc1N1CCOCC1)C(=O)c1ccc(Cl)c(Cl)c1. The number of ether oxygens (including phenoxy) is 1. The molecule has 0 aliphatic carbocycles. The van der Waals surface area contributed by atoms with E-state index in [0.29, 0.717) is 22.2 Å². The molecule has 1 aliphatic rings. The number of halogens is 2. The molecule has 1 saturated heterocycles. The Morgan fingerprint density at radius 2 is 1.84 bits per heavy atom. The van der Waals surface area contributed by atoms with Gasteiger partial charge in [0.15, 0.2) is 0 Å². The van der Waals surface area contributed by atoms with Crippen LogP contribution in [0.4, 0.5) is 5.69 Å². The number of nitrogens with zero attached hydrogens (tertiary/aromatic N) is 2. The molecule has 1 aliphatic heterocycles. The number of amides is 1. The molecule has 1 amide bonds. The first-order chi connectivity index (χ1) is 12.1. The van der Waals surface area contributed by atoms with Crippen molar-refractivity contribution < 1.29 is 9.53 Å². The Morgan fingerprint density at radius 3 is 2.56 bits per heavy atom. The van der Waals surface area contributed by atoms with Crippen molar-refractivity contribution in [2.75, 3.05) is 38.3 Å². The summed E-state index contributed by atoms with van der Waals surface area (Å²) in [4.78, 5) is 16.7.